The van der Waals surface area contributed by atoms with Crippen LogP contribution in [0.5, 0.6) is 17.2 Å². The second-order valence-corrected chi connectivity index (χ2v) is 11.9. The average molecular weight is 608 g/mol. The van der Waals surface area contributed by atoms with Crippen LogP contribution in [0.2, 0.25) is 0 Å². The monoisotopic (exact) mass is 607 g/mol. The van der Waals surface area contributed by atoms with Crippen LogP contribution in [0.3, 0.4) is 0 Å². The first kappa shape index (κ1) is 33.1. The Morgan fingerprint density at radius 2 is 1.52 bits per heavy atom. The van der Waals surface area contributed by atoms with E-state index in [1.165, 1.54) is 4.90 Å². The van der Waals surface area contributed by atoms with E-state index >= 15 is 0 Å². The van der Waals surface area contributed by atoms with E-state index in [9.17, 15) is 9.90 Å². The van der Waals surface area contributed by atoms with Gasteiger partial charge in [-0.05, 0) is 61.7 Å². The van der Waals surface area contributed by atoms with Crippen LogP contribution in [-0.4, -0.2) is 74.4 Å². The van der Waals surface area contributed by atoms with Crippen molar-refractivity contribution in [1.29, 1.82) is 0 Å². The van der Waals surface area contributed by atoms with E-state index in [1.807, 2.05) is 87.5 Å². The molecule has 1 heterocycles. The maximum atomic E-state index is 13.0. The zero-order chi connectivity index (χ0) is 31.5. The van der Waals surface area contributed by atoms with Gasteiger partial charge in [0.25, 0.3) is 0 Å². The first-order valence-electron chi connectivity index (χ1n) is 15.0. The number of likely N-dealkylation sites (tertiary alicyclic amines) is 1. The molecule has 3 unspecified atom stereocenters. The number of piperidine rings is 1. The lowest BCUT2D eigenvalue weighted by atomic mass is 9.84. The molecule has 1 fully saturated rings. The molecule has 3 atom stereocenters. The molecular weight excluding hydrogens is 562 g/mol. The Morgan fingerprint density at radius 3 is 2.16 bits per heavy atom. The molecular formula is C35H45NO8. The van der Waals surface area contributed by atoms with Gasteiger partial charge in [-0.1, -0.05) is 42.5 Å². The molecule has 0 saturated carbocycles. The Bertz CT molecular complexity index is 1290. The quantitative estimate of drug-likeness (QED) is 0.238. The van der Waals surface area contributed by atoms with E-state index in [-0.39, 0.29) is 25.6 Å². The van der Waals surface area contributed by atoms with Crippen molar-refractivity contribution >= 4 is 6.09 Å². The fraction of sp³-hybridized carbons (Fsp3) is 0.457. The van der Waals surface area contributed by atoms with Crippen LogP contribution in [0.1, 0.15) is 49.8 Å². The van der Waals surface area contributed by atoms with Crippen molar-refractivity contribution in [2.45, 2.75) is 64.1 Å². The van der Waals surface area contributed by atoms with E-state index < -0.39 is 23.9 Å². The van der Waals surface area contributed by atoms with Gasteiger partial charge in [-0.3, -0.25) is 0 Å². The van der Waals surface area contributed by atoms with Crippen molar-refractivity contribution in [2.75, 3.05) is 40.5 Å². The molecule has 238 valence electrons. The second kappa shape index (κ2) is 15.8. The molecule has 1 saturated heterocycles. The number of β-amino-alcohol motifs (C(OH)–C–C–N with tert-alkyl or cyclic N) is 1. The average Bonchev–Trinajstić information content (AvgIpc) is 3.01. The summed E-state index contributed by atoms with van der Waals surface area (Å²) in [6.45, 7) is 7.80. The molecule has 0 bridgehead atoms. The summed E-state index contributed by atoms with van der Waals surface area (Å²) in [4.78, 5) is 14.5. The summed E-state index contributed by atoms with van der Waals surface area (Å²) in [5.74, 6) is 1.66. The topological polar surface area (TPSA) is 95.9 Å². The van der Waals surface area contributed by atoms with Crippen LogP contribution in [0.4, 0.5) is 4.79 Å². The molecule has 0 aliphatic carbocycles. The van der Waals surface area contributed by atoms with Crippen LogP contribution in [0.25, 0.3) is 0 Å². The Labute approximate surface area is 260 Å². The fourth-order valence-corrected chi connectivity index (χ4v) is 5.12. The molecule has 0 radical (unpaired) electrons. The number of aliphatic hydroxyl groups excluding tert-OH is 1. The van der Waals surface area contributed by atoms with Crippen LogP contribution in [-0.2, 0) is 27.4 Å². The number of nitrogens with zero attached hydrogens (tertiary/aromatic N) is 1. The lowest BCUT2D eigenvalue weighted by Crippen LogP contribution is -2.54. The first-order chi connectivity index (χ1) is 21.1. The van der Waals surface area contributed by atoms with Gasteiger partial charge in [-0.25, -0.2) is 4.79 Å². The van der Waals surface area contributed by atoms with Gasteiger partial charge in [-0.2, -0.15) is 0 Å². The van der Waals surface area contributed by atoms with E-state index in [0.717, 1.165) is 28.9 Å². The van der Waals surface area contributed by atoms with Crippen molar-refractivity contribution in [2.24, 2.45) is 0 Å². The van der Waals surface area contributed by atoms with Gasteiger partial charge in [0.2, 0.25) is 0 Å². The molecule has 1 N–H and O–H groups in total. The number of methoxy groups -OCH3 is 2. The summed E-state index contributed by atoms with van der Waals surface area (Å²) in [6.07, 6.45) is -1.09. The molecule has 3 aromatic carbocycles. The molecule has 1 amide bonds. The van der Waals surface area contributed by atoms with Crippen LogP contribution in [0.15, 0.2) is 72.8 Å². The highest BCUT2D eigenvalue weighted by atomic mass is 16.6. The van der Waals surface area contributed by atoms with Gasteiger partial charge in [-0.15, -0.1) is 0 Å². The lowest BCUT2D eigenvalue weighted by molar-refractivity contribution is -0.0756. The molecule has 3 aromatic rings. The summed E-state index contributed by atoms with van der Waals surface area (Å²) < 4.78 is 34.5. The SMILES string of the molecule is COc1cc(COC2CN(C(=O)OC(C)(C)C)CC(O)C2c2ccc(OCCCOCc3ccccc3)cc2)cc(OC)c1. The third-order valence-electron chi connectivity index (χ3n) is 7.23. The Hall–Kier alpha value is -3.79. The maximum absolute atomic E-state index is 13.0. The largest absolute Gasteiger partial charge is 0.497 e. The summed E-state index contributed by atoms with van der Waals surface area (Å²) in [5.41, 5.74) is 2.23. The van der Waals surface area contributed by atoms with Gasteiger partial charge in [0.15, 0.2) is 0 Å². The lowest BCUT2D eigenvalue weighted by Gasteiger charge is -2.42. The highest BCUT2D eigenvalue weighted by molar-refractivity contribution is 5.68. The van der Waals surface area contributed by atoms with Gasteiger partial charge in [0.1, 0.15) is 22.8 Å². The van der Waals surface area contributed by atoms with Crippen molar-refractivity contribution in [3.8, 4) is 17.2 Å². The van der Waals surface area contributed by atoms with Gasteiger partial charge in [0.05, 0.1) is 65.9 Å². The first-order valence-corrected chi connectivity index (χ1v) is 15.0. The Kier molecular flexibility index (Phi) is 11.9. The molecule has 4 rings (SSSR count). The predicted molar refractivity (Wildman–Crippen MR) is 167 cm³/mol. The number of hydrogen-bond donors (Lipinski definition) is 1. The third-order valence-corrected chi connectivity index (χ3v) is 7.23. The zero-order valence-electron chi connectivity index (χ0n) is 26.4. The van der Waals surface area contributed by atoms with Crippen molar-refractivity contribution < 1.29 is 38.3 Å². The summed E-state index contributed by atoms with van der Waals surface area (Å²) in [7, 11) is 3.19. The van der Waals surface area contributed by atoms with Crippen molar-refractivity contribution in [1.82, 2.24) is 4.90 Å². The number of benzene rings is 3. The molecule has 9 nitrogen and oxygen atoms in total. The summed E-state index contributed by atoms with van der Waals surface area (Å²) >= 11 is 0. The van der Waals surface area contributed by atoms with E-state index in [4.69, 9.17) is 28.4 Å². The van der Waals surface area contributed by atoms with Crippen molar-refractivity contribution in [3.63, 3.8) is 0 Å². The highest BCUT2D eigenvalue weighted by Gasteiger charge is 2.40. The minimum atomic E-state index is -0.866. The van der Waals surface area contributed by atoms with E-state index in [0.29, 0.717) is 31.3 Å². The Balaban J connectivity index is 1.40. The van der Waals surface area contributed by atoms with E-state index in [1.54, 1.807) is 20.3 Å². The smallest absolute Gasteiger partial charge is 0.410 e. The van der Waals surface area contributed by atoms with Crippen molar-refractivity contribution in [3.05, 3.63) is 89.5 Å². The van der Waals surface area contributed by atoms with Crippen LogP contribution in [0, 0.1) is 0 Å². The number of carbonyl (C=O) groups excluding carboxylic acids is 1. The number of ether oxygens (including phenoxy) is 6. The third kappa shape index (κ3) is 9.87. The number of hydrogen-bond acceptors (Lipinski definition) is 8. The molecule has 9 heteroatoms. The number of aliphatic hydroxyl groups is 1. The molecule has 44 heavy (non-hydrogen) atoms. The fourth-order valence-electron chi connectivity index (χ4n) is 5.12. The summed E-state index contributed by atoms with van der Waals surface area (Å²) in [5, 5.41) is 11.3. The number of rotatable bonds is 13. The Morgan fingerprint density at radius 1 is 0.841 bits per heavy atom. The van der Waals surface area contributed by atoms with Crippen LogP contribution < -0.4 is 14.2 Å². The molecule has 1 aliphatic rings. The second-order valence-electron chi connectivity index (χ2n) is 11.9. The van der Waals surface area contributed by atoms with Gasteiger partial charge in [0, 0.05) is 18.4 Å². The minimum absolute atomic E-state index is 0.133. The molecule has 0 spiro atoms. The normalized spacial score (nSPS) is 18.5. The van der Waals surface area contributed by atoms with E-state index in [2.05, 4.69) is 0 Å². The van der Waals surface area contributed by atoms with Gasteiger partial charge >= 0.3 is 6.09 Å². The van der Waals surface area contributed by atoms with Crippen LogP contribution >= 0.6 is 0 Å². The molecule has 1 aliphatic heterocycles. The predicted octanol–water partition coefficient (Wildman–Crippen LogP) is 5.97. The maximum Gasteiger partial charge on any atom is 0.410 e. The molecule has 0 aromatic heterocycles. The summed E-state index contributed by atoms with van der Waals surface area (Å²) in [6, 6.07) is 23.3. The highest BCUT2D eigenvalue weighted by Crippen LogP contribution is 2.34. The zero-order valence-corrected chi connectivity index (χ0v) is 26.4. The standard InChI is InChI=1S/C35H45NO8/c1-35(2,3)44-34(38)36-21-31(37)33(32(22-36)43-24-26-18-29(39-4)20-30(19-26)40-5)27-12-14-28(15-13-27)42-17-9-16-41-23-25-10-7-6-8-11-25/h6-8,10-15,18-20,31-33,37H,9,16-17,21-24H2,1-5H3. The van der Waals surface area contributed by atoms with Gasteiger partial charge < -0.3 is 38.4 Å². The minimum Gasteiger partial charge on any atom is -0.497 e. The number of amides is 1. The number of carbonyl (C=O) groups is 1.